The van der Waals surface area contributed by atoms with Gasteiger partial charge in [-0.05, 0) is 34.8 Å². The minimum Gasteiger partial charge on any atom is -0.352 e. The van der Waals surface area contributed by atoms with Crippen LogP contribution in [-0.2, 0) is 11.3 Å². The Kier molecular flexibility index (Phi) is 6.77. The van der Waals surface area contributed by atoms with Crippen molar-refractivity contribution in [2.24, 2.45) is 0 Å². The monoisotopic (exact) mass is 318 g/mol. The Morgan fingerprint density at radius 1 is 1.47 bits per heavy atom. The van der Waals surface area contributed by atoms with Crippen molar-refractivity contribution >= 4 is 33.2 Å². The lowest BCUT2D eigenvalue weighted by Crippen LogP contribution is -2.39. The Hall–Kier alpha value is -0.390. The Morgan fingerprint density at radius 2 is 2.18 bits per heavy atom. The number of carbonyl (C=O) groups is 1. The Balaban J connectivity index is 2.20. The molecule has 5 heteroatoms. The first-order valence-electron chi connectivity index (χ1n) is 5.88. The number of hydrogen-bond donors (Lipinski definition) is 2. The smallest absolute Gasteiger partial charge is 0.234 e. The average molecular weight is 319 g/mol. The zero-order chi connectivity index (χ0) is 12.7. The van der Waals surface area contributed by atoms with E-state index in [-0.39, 0.29) is 5.91 Å². The van der Waals surface area contributed by atoms with Gasteiger partial charge in [-0.1, -0.05) is 13.8 Å². The van der Waals surface area contributed by atoms with Crippen LogP contribution in [-0.4, -0.2) is 18.5 Å². The summed E-state index contributed by atoms with van der Waals surface area (Å²) in [6.45, 7) is 5.30. The van der Waals surface area contributed by atoms with Crippen LogP contribution in [0.5, 0.6) is 0 Å². The maximum atomic E-state index is 11.6. The van der Waals surface area contributed by atoms with Gasteiger partial charge in [0.25, 0.3) is 0 Å². The van der Waals surface area contributed by atoms with Crippen molar-refractivity contribution in [1.82, 2.24) is 10.6 Å². The highest BCUT2D eigenvalue weighted by Crippen LogP contribution is 2.19. The third kappa shape index (κ3) is 5.66. The van der Waals surface area contributed by atoms with E-state index in [0.717, 1.165) is 23.9 Å². The summed E-state index contributed by atoms with van der Waals surface area (Å²) in [5.41, 5.74) is 0. The highest BCUT2D eigenvalue weighted by molar-refractivity contribution is 9.10. The molecule has 0 saturated heterocycles. The van der Waals surface area contributed by atoms with Crippen molar-refractivity contribution in [2.45, 2.75) is 39.3 Å². The van der Waals surface area contributed by atoms with E-state index in [0.29, 0.717) is 12.6 Å². The normalized spacial score (nSPS) is 10.8. The summed E-state index contributed by atoms with van der Waals surface area (Å²) >= 11 is 5.09. The van der Waals surface area contributed by atoms with E-state index in [9.17, 15) is 4.79 Å². The highest BCUT2D eigenvalue weighted by Gasteiger charge is 2.07. The van der Waals surface area contributed by atoms with Crippen LogP contribution in [0.15, 0.2) is 15.9 Å². The van der Waals surface area contributed by atoms with Crippen molar-refractivity contribution in [2.75, 3.05) is 6.54 Å². The molecular weight excluding hydrogens is 300 g/mol. The predicted octanol–water partition coefficient (Wildman–Crippen LogP) is 2.91. The Bertz CT molecular complexity index is 350. The van der Waals surface area contributed by atoms with E-state index in [1.165, 1.54) is 4.88 Å². The molecule has 96 valence electrons. The molecule has 0 fully saturated rings. The Labute approximate surface area is 115 Å². The van der Waals surface area contributed by atoms with Crippen molar-refractivity contribution in [3.05, 3.63) is 20.8 Å². The largest absolute Gasteiger partial charge is 0.352 e. The van der Waals surface area contributed by atoms with Crippen molar-refractivity contribution in [3.63, 3.8) is 0 Å². The van der Waals surface area contributed by atoms with Crippen LogP contribution < -0.4 is 10.6 Å². The van der Waals surface area contributed by atoms with Gasteiger partial charge >= 0.3 is 0 Å². The number of carbonyl (C=O) groups excluding carboxylic acids is 1. The van der Waals surface area contributed by atoms with Gasteiger partial charge in [0.1, 0.15) is 0 Å². The van der Waals surface area contributed by atoms with Gasteiger partial charge in [-0.3, -0.25) is 4.79 Å². The van der Waals surface area contributed by atoms with Gasteiger partial charge in [-0.2, -0.15) is 0 Å². The lowest BCUT2D eigenvalue weighted by atomic mass is 10.2. The first-order chi connectivity index (χ1) is 8.15. The highest BCUT2D eigenvalue weighted by atomic mass is 79.9. The van der Waals surface area contributed by atoms with E-state index < -0.39 is 0 Å². The van der Waals surface area contributed by atoms with Gasteiger partial charge < -0.3 is 10.6 Å². The quantitative estimate of drug-likeness (QED) is 0.811. The predicted molar refractivity (Wildman–Crippen MR) is 76.2 cm³/mol. The second kappa shape index (κ2) is 7.84. The lowest BCUT2D eigenvalue weighted by Gasteiger charge is -2.14. The van der Waals surface area contributed by atoms with Gasteiger partial charge in [0.2, 0.25) is 5.91 Å². The number of hydrogen-bond acceptors (Lipinski definition) is 3. The summed E-state index contributed by atoms with van der Waals surface area (Å²) < 4.78 is 1.10. The van der Waals surface area contributed by atoms with Gasteiger partial charge in [0.05, 0.1) is 6.54 Å². The van der Waals surface area contributed by atoms with Crippen LogP contribution >= 0.6 is 27.3 Å². The molecular formula is C12H19BrN2OS. The SMILES string of the molecule is CCC(CC)NC(=O)CNCc1cc(Br)cs1. The minimum atomic E-state index is 0.0781. The van der Waals surface area contributed by atoms with Crippen LogP contribution in [0, 0.1) is 0 Å². The molecule has 0 aliphatic rings. The molecule has 0 atom stereocenters. The summed E-state index contributed by atoms with van der Waals surface area (Å²) in [7, 11) is 0. The molecule has 0 radical (unpaired) electrons. The first-order valence-corrected chi connectivity index (χ1v) is 7.56. The van der Waals surface area contributed by atoms with Crippen LogP contribution in [0.1, 0.15) is 31.6 Å². The lowest BCUT2D eigenvalue weighted by molar-refractivity contribution is -0.121. The zero-order valence-electron chi connectivity index (χ0n) is 10.3. The van der Waals surface area contributed by atoms with Crippen molar-refractivity contribution < 1.29 is 4.79 Å². The summed E-state index contributed by atoms with van der Waals surface area (Å²) in [5.74, 6) is 0.0781. The number of thiophene rings is 1. The molecule has 2 N–H and O–H groups in total. The molecule has 1 amide bonds. The molecule has 0 aliphatic carbocycles. The maximum absolute atomic E-state index is 11.6. The topological polar surface area (TPSA) is 41.1 Å². The summed E-state index contributed by atoms with van der Waals surface area (Å²) in [5, 5.41) is 8.19. The average Bonchev–Trinajstić information content (AvgIpc) is 2.72. The molecule has 0 bridgehead atoms. The number of amides is 1. The van der Waals surface area contributed by atoms with E-state index in [1.807, 2.05) is 5.38 Å². The van der Waals surface area contributed by atoms with E-state index in [2.05, 4.69) is 46.5 Å². The molecule has 3 nitrogen and oxygen atoms in total. The van der Waals surface area contributed by atoms with Crippen molar-refractivity contribution in [3.8, 4) is 0 Å². The fraction of sp³-hybridized carbons (Fsp3) is 0.583. The molecule has 1 heterocycles. The Morgan fingerprint density at radius 3 is 2.71 bits per heavy atom. The zero-order valence-corrected chi connectivity index (χ0v) is 12.7. The van der Waals surface area contributed by atoms with Crippen LogP contribution in [0.4, 0.5) is 0 Å². The standard InChI is InChI=1S/C12H19BrN2OS/c1-3-10(4-2)15-12(16)7-14-6-11-5-9(13)8-17-11/h5,8,10,14H,3-4,6-7H2,1-2H3,(H,15,16). The summed E-state index contributed by atoms with van der Waals surface area (Å²) in [6, 6.07) is 2.37. The fourth-order valence-corrected chi connectivity index (χ4v) is 2.94. The van der Waals surface area contributed by atoms with Gasteiger partial charge in [0.15, 0.2) is 0 Å². The molecule has 0 saturated carbocycles. The van der Waals surface area contributed by atoms with Crippen LogP contribution in [0.2, 0.25) is 0 Å². The van der Waals surface area contributed by atoms with E-state index in [4.69, 9.17) is 0 Å². The van der Waals surface area contributed by atoms with E-state index >= 15 is 0 Å². The number of rotatable bonds is 7. The number of halogens is 1. The minimum absolute atomic E-state index is 0.0781. The molecule has 0 aliphatic heterocycles. The molecule has 1 rings (SSSR count). The summed E-state index contributed by atoms with van der Waals surface area (Å²) in [6.07, 6.45) is 1.97. The molecule has 1 aromatic heterocycles. The second-order valence-electron chi connectivity index (χ2n) is 3.92. The van der Waals surface area contributed by atoms with Gasteiger partial charge in [-0.15, -0.1) is 11.3 Å². The van der Waals surface area contributed by atoms with Gasteiger partial charge in [0, 0.05) is 27.3 Å². The first kappa shape index (κ1) is 14.7. The molecule has 0 spiro atoms. The van der Waals surface area contributed by atoms with Gasteiger partial charge in [-0.25, -0.2) is 0 Å². The van der Waals surface area contributed by atoms with E-state index in [1.54, 1.807) is 11.3 Å². The van der Waals surface area contributed by atoms with Crippen molar-refractivity contribution in [1.29, 1.82) is 0 Å². The maximum Gasteiger partial charge on any atom is 0.234 e. The molecule has 17 heavy (non-hydrogen) atoms. The number of nitrogens with one attached hydrogen (secondary N) is 2. The molecule has 1 aromatic rings. The fourth-order valence-electron chi connectivity index (χ4n) is 1.52. The third-order valence-electron chi connectivity index (χ3n) is 2.56. The van der Waals surface area contributed by atoms with Crippen LogP contribution in [0.25, 0.3) is 0 Å². The second-order valence-corrected chi connectivity index (χ2v) is 5.83. The molecule has 0 unspecified atom stereocenters. The summed E-state index contributed by atoms with van der Waals surface area (Å²) in [4.78, 5) is 12.8. The van der Waals surface area contributed by atoms with Crippen LogP contribution in [0.3, 0.4) is 0 Å². The third-order valence-corrected chi connectivity index (χ3v) is 4.25. The molecule has 0 aromatic carbocycles.